The van der Waals surface area contributed by atoms with Gasteiger partial charge >= 0.3 is 12.1 Å². The Bertz CT molecular complexity index is 345. The Morgan fingerprint density at radius 3 is 2.73 bits per heavy atom. The van der Waals surface area contributed by atoms with Crippen molar-refractivity contribution in [2.45, 2.75) is 26.2 Å². The number of hydrogen-bond acceptors (Lipinski definition) is 2. The average Bonchev–Trinajstić information content (AvgIpc) is 2.60. The molecule has 0 atom stereocenters. The molecule has 1 aromatic rings. The molecule has 0 saturated carbocycles. The zero-order valence-electron chi connectivity index (χ0n) is 8.01. The van der Waals surface area contributed by atoms with Crippen LogP contribution in [0.3, 0.4) is 0 Å². The molecule has 0 radical (unpaired) electrons. The molecule has 0 aromatic carbocycles. The van der Waals surface area contributed by atoms with Gasteiger partial charge in [0.15, 0.2) is 0 Å². The number of carbonyl (C=O) groups excluding carboxylic acids is 1. The van der Waals surface area contributed by atoms with Crippen molar-refractivity contribution in [3.05, 3.63) is 18.0 Å². The predicted molar refractivity (Wildman–Crippen MR) is 45.8 cm³/mol. The lowest BCUT2D eigenvalue weighted by atomic mass is 10.3. The first-order valence-electron chi connectivity index (χ1n) is 4.30. The summed E-state index contributed by atoms with van der Waals surface area (Å²) in [5.74, 6) is -1.94. The van der Waals surface area contributed by atoms with Crippen LogP contribution >= 0.6 is 0 Å². The van der Waals surface area contributed by atoms with Gasteiger partial charge in [-0.1, -0.05) is 0 Å². The Labute approximate surface area is 84.1 Å². The molecule has 0 bridgehead atoms. The highest BCUT2D eigenvalue weighted by molar-refractivity contribution is 5.81. The predicted octanol–water partition coefficient (Wildman–Crippen LogP) is 1.08. The van der Waals surface area contributed by atoms with Crippen LogP contribution in [0.1, 0.15) is 12.5 Å². The number of carbonyl (C=O) groups is 1. The third-order valence-electron chi connectivity index (χ3n) is 1.72. The summed E-state index contributed by atoms with van der Waals surface area (Å²) in [6.45, 7) is 2.32. The number of rotatable bonds is 3. The van der Waals surface area contributed by atoms with Gasteiger partial charge in [0, 0.05) is 24.8 Å². The van der Waals surface area contributed by atoms with Crippen molar-refractivity contribution in [1.82, 2.24) is 15.1 Å². The van der Waals surface area contributed by atoms with Crippen LogP contribution in [0.15, 0.2) is 12.4 Å². The average molecular weight is 221 g/mol. The maximum Gasteiger partial charge on any atom is 0.471 e. The minimum atomic E-state index is -4.83. The molecule has 1 N–H and O–H groups in total. The summed E-state index contributed by atoms with van der Waals surface area (Å²) in [7, 11) is 0. The van der Waals surface area contributed by atoms with Crippen LogP contribution in [0.4, 0.5) is 13.2 Å². The molecule has 0 aliphatic heterocycles. The highest BCUT2D eigenvalue weighted by Gasteiger charge is 2.38. The maximum absolute atomic E-state index is 11.8. The van der Waals surface area contributed by atoms with Gasteiger partial charge in [-0.3, -0.25) is 9.48 Å². The van der Waals surface area contributed by atoms with Gasteiger partial charge in [0.25, 0.3) is 0 Å². The van der Waals surface area contributed by atoms with Crippen LogP contribution in [-0.4, -0.2) is 21.9 Å². The molecule has 0 spiro atoms. The number of alkyl halides is 3. The van der Waals surface area contributed by atoms with Gasteiger partial charge in [-0.25, -0.2) is 0 Å². The second-order valence-electron chi connectivity index (χ2n) is 2.88. The van der Waals surface area contributed by atoms with Gasteiger partial charge < -0.3 is 5.32 Å². The molecule has 1 aromatic heterocycles. The van der Waals surface area contributed by atoms with E-state index in [1.165, 1.54) is 6.20 Å². The van der Waals surface area contributed by atoms with Crippen molar-refractivity contribution in [3.8, 4) is 0 Å². The first kappa shape index (κ1) is 11.5. The second kappa shape index (κ2) is 4.33. The molecular weight excluding hydrogens is 211 g/mol. The van der Waals surface area contributed by atoms with Crippen LogP contribution in [0.25, 0.3) is 0 Å². The number of nitrogens with zero attached hydrogens (tertiary/aromatic N) is 2. The molecule has 1 heterocycles. The van der Waals surface area contributed by atoms with Crippen LogP contribution in [-0.2, 0) is 17.9 Å². The van der Waals surface area contributed by atoms with Crippen LogP contribution in [0.5, 0.6) is 0 Å². The van der Waals surface area contributed by atoms with Gasteiger partial charge in [0.1, 0.15) is 0 Å². The van der Waals surface area contributed by atoms with Crippen molar-refractivity contribution >= 4 is 5.91 Å². The first-order valence-corrected chi connectivity index (χ1v) is 4.30. The van der Waals surface area contributed by atoms with E-state index < -0.39 is 12.1 Å². The second-order valence-corrected chi connectivity index (χ2v) is 2.88. The highest BCUT2D eigenvalue weighted by Crippen LogP contribution is 2.14. The number of halogens is 3. The normalized spacial score (nSPS) is 11.5. The van der Waals surface area contributed by atoms with E-state index in [1.54, 1.807) is 16.2 Å². The van der Waals surface area contributed by atoms with Gasteiger partial charge in [0.05, 0.1) is 6.20 Å². The maximum atomic E-state index is 11.8. The number of aryl methyl sites for hydroxylation is 1. The molecule has 7 heteroatoms. The Morgan fingerprint density at radius 1 is 1.60 bits per heavy atom. The van der Waals surface area contributed by atoms with Crippen LogP contribution in [0, 0.1) is 0 Å². The topological polar surface area (TPSA) is 46.9 Å². The minimum absolute atomic E-state index is 0.168. The fraction of sp³-hybridized carbons (Fsp3) is 0.500. The van der Waals surface area contributed by atoms with E-state index in [0.29, 0.717) is 12.1 Å². The largest absolute Gasteiger partial charge is 0.471 e. The lowest BCUT2D eigenvalue weighted by molar-refractivity contribution is -0.173. The fourth-order valence-corrected chi connectivity index (χ4v) is 0.953. The zero-order valence-corrected chi connectivity index (χ0v) is 8.01. The molecule has 0 saturated heterocycles. The van der Waals surface area contributed by atoms with E-state index in [0.717, 1.165) is 0 Å². The van der Waals surface area contributed by atoms with E-state index in [1.807, 2.05) is 6.92 Å². The van der Waals surface area contributed by atoms with Crippen LogP contribution in [0.2, 0.25) is 0 Å². The van der Waals surface area contributed by atoms with Crippen molar-refractivity contribution in [3.63, 3.8) is 0 Å². The number of hydrogen-bond donors (Lipinski definition) is 1. The van der Waals surface area contributed by atoms with E-state index >= 15 is 0 Å². The molecule has 84 valence electrons. The minimum Gasteiger partial charge on any atom is -0.344 e. The van der Waals surface area contributed by atoms with Crippen molar-refractivity contribution in [1.29, 1.82) is 0 Å². The summed E-state index contributed by atoms with van der Waals surface area (Å²) < 4.78 is 36.9. The summed E-state index contributed by atoms with van der Waals surface area (Å²) in [5, 5.41) is 5.62. The van der Waals surface area contributed by atoms with Crippen LogP contribution < -0.4 is 5.32 Å². The van der Waals surface area contributed by atoms with E-state index in [9.17, 15) is 18.0 Å². The van der Waals surface area contributed by atoms with E-state index in [-0.39, 0.29) is 6.54 Å². The number of amides is 1. The quantitative estimate of drug-likeness (QED) is 0.830. The third kappa shape index (κ3) is 3.26. The number of nitrogens with one attached hydrogen (secondary N) is 1. The lowest BCUT2D eigenvalue weighted by Gasteiger charge is -2.05. The molecule has 0 aliphatic rings. The Balaban J connectivity index is 2.47. The van der Waals surface area contributed by atoms with Crippen molar-refractivity contribution < 1.29 is 18.0 Å². The number of aromatic nitrogens is 2. The fourth-order valence-electron chi connectivity index (χ4n) is 0.953. The lowest BCUT2D eigenvalue weighted by Crippen LogP contribution is -2.36. The SMILES string of the molecule is CCn1cc(CNC(=O)C(F)(F)F)cn1. The standard InChI is InChI=1S/C8H10F3N3O/c1-2-14-5-6(4-13-14)3-12-7(15)8(9,10)11/h4-5H,2-3H2,1H3,(H,12,15). The molecule has 0 unspecified atom stereocenters. The highest BCUT2D eigenvalue weighted by atomic mass is 19.4. The summed E-state index contributed by atoms with van der Waals surface area (Å²) in [4.78, 5) is 10.5. The van der Waals surface area contributed by atoms with E-state index in [2.05, 4.69) is 5.10 Å². The Hall–Kier alpha value is -1.53. The van der Waals surface area contributed by atoms with Gasteiger partial charge in [-0.2, -0.15) is 18.3 Å². The summed E-state index contributed by atoms with van der Waals surface area (Å²) in [6.07, 6.45) is -1.84. The molecule has 4 nitrogen and oxygen atoms in total. The van der Waals surface area contributed by atoms with Gasteiger partial charge in [0.2, 0.25) is 0 Å². The molecular formula is C8H10F3N3O. The Kier molecular flexibility index (Phi) is 3.33. The summed E-state index contributed by atoms with van der Waals surface area (Å²) >= 11 is 0. The van der Waals surface area contributed by atoms with Crippen molar-refractivity contribution in [2.75, 3.05) is 0 Å². The van der Waals surface area contributed by atoms with E-state index in [4.69, 9.17) is 0 Å². The molecule has 1 amide bonds. The monoisotopic (exact) mass is 221 g/mol. The first-order chi connectivity index (χ1) is 6.93. The molecule has 1 rings (SSSR count). The summed E-state index contributed by atoms with van der Waals surface area (Å²) in [5.41, 5.74) is 0.537. The van der Waals surface area contributed by atoms with Gasteiger partial charge in [-0.05, 0) is 6.92 Å². The van der Waals surface area contributed by atoms with Gasteiger partial charge in [-0.15, -0.1) is 0 Å². The smallest absolute Gasteiger partial charge is 0.344 e. The Morgan fingerprint density at radius 2 is 2.27 bits per heavy atom. The molecule has 15 heavy (non-hydrogen) atoms. The zero-order chi connectivity index (χ0) is 11.5. The third-order valence-corrected chi connectivity index (χ3v) is 1.72. The molecule has 0 fully saturated rings. The molecule has 0 aliphatic carbocycles. The van der Waals surface area contributed by atoms with Crippen molar-refractivity contribution in [2.24, 2.45) is 0 Å². The summed E-state index contributed by atoms with van der Waals surface area (Å²) in [6, 6.07) is 0.